The highest BCUT2D eigenvalue weighted by Crippen LogP contribution is 2.23. The Morgan fingerprint density at radius 1 is 1.42 bits per heavy atom. The third-order valence-electron chi connectivity index (χ3n) is 4.25. The van der Waals surface area contributed by atoms with Gasteiger partial charge in [0.1, 0.15) is 11.9 Å². The summed E-state index contributed by atoms with van der Waals surface area (Å²) in [6.45, 7) is 4.00. The highest BCUT2D eigenvalue weighted by Gasteiger charge is 2.37. The predicted octanol–water partition coefficient (Wildman–Crippen LogP) is 0.403. The van der Waals surface area contributed by atoms with Crippen molar-refractivity contribution >= 4 is 11.8 Å². The van der Waals surface area contributed by atoms with Gasteiger partial charge in [-0.3, -0.25) is 9.59 Å². The number of nitrogens with one attached hydrogen (secondary N) is 1. The molecule has 1 aliphatic rings. The molecule has 2 amide bonds. The van der Waals surface area contributed by atoms with E-state index in [9.17, 15) is 14.0 Å². The van der Waals surface area contributed by atoms with E-state index in [1.165, 1.54) is 28.3 Å². The zero-order valence-corrected chi connectivity index (χ0v) is 15.0. The van der Waals surface area contributed by atoms with Crippen LogP contribution in [0.3, 0.4) is 0 Å². The van der Waals surface area contributed by atoms with Crippen LogP contribution in [0.25, 0.3) is 0 Å². The number of nitrogens with zero attached hydrogens (tertiary/aromatic N) is 6. The van der Waals surface area contributed by atoms with Gasteiger partial charge in [0.05, 0.1) is 37.9 Å². The average Bonchev–Trinajstić information content (AvgIpc) is 3.27. The molecular weight excluding hydrogens is 341 g/mol. The Bertz CT molecular complexity index is 800. The maximum atomic E-state index is 14.0. The number of hydrogen-bond donors (Lipinski definition) is 1. The van der Waals surface area contributed by atoms with Gasteiger partial charge in [-0.05, 0) is 13.8 Å². The molecular formula is C16H22FN7O2. The van der Waals surface area contributed by atoms with Gasteiger partial charge in [0, 0.05) is 19.5 Å². The quantitative estimate of drug-likeness (QED) is 0.829. The smallest absolute Gasteiger partial charge is 0.273 e. The van der Waals surface area contributed by atoms with Crippen LogP contribution in [-0.2, 0) is 13.6 Å². The fourth-order valence-electron chi connectivity index (χ4n) is 3.04. The molecule has 2 aromatic heterocycles. The van der Waals surface area contributed by atoms with E-state index in [0.717, 1.165) is 0 Å². The molecule has 0 radical (unpaired) electrons. The molecule has 140 valence electrons. The van der Waals surface area contributed by atoms with Crippen molar-refractivity contribution in [3.05, 3.63) is 30.1 Å². The highest BCUT2D eigenvalue weighted by atomic mass is 19.1. The van der Waals surface area contributed by atoms with E-state index in [0.29, 0.717) is 5.69 Å². The number of aromatic nitrogens is 5. The van der Waals surface area contributed by atoms with Crippen LogP contribution in [0.1, 0.15) is 41.2 Å². The predicted molar refractivity (Wildman–Crippen MR) is 90.2 cm³/mol. The summed E-state index contributed by atoms with van der Waals surface area (Å²) in [6.07, 6.45) is 3.63. The third kappa shape index (κ3) is 3.73. The molecule has 26 heavy (non-hydrogen) atoms. The van der Waals surface area contributed by atoms with Crippen molar-refractivity contribution < 1.29 is 14.0 Å². The molecule has 2 atom stereocenters. The lowest BCUT2D eigenvalue weighted by Gasteiger charge is -2.24. The van der Waals surface area contributed by atoms with Crippen molar-refractivity contribution in [1.29, 1.82) is 0 Å². The zero-order valence-electron chi connectivity index (χ0n) is 15.0. The molecule has 1 aliphatic heterocycles. The van der Waals surface area contributed by atoms with Crippen LogP contribution in [0.2, 0.25) is 0 Å². The minimum Gasteiger partial charge on any atom is -0.348 e. The van der Waals surface area contributed by atoms with Gasteiger partial charge >= 0.3 is 0 Å². The monoisotopic (exact) mass is 363 g/mol. The molecule has 1 saturated heterocycles. The first kappa shape index (κ1) is 18.0. The Morgan fingerprint density at radius 3 is 2.85 bits per heavy atom. The minimum atomic E-state index is -1.09. The van der Waals surface area contributed by atoms with Crippen molar-refractivity contribution in [2.75, 3.05) is 6.54 Å². The maximum absolute atomic E-state index is 14.0. The van der Waals surface area contributed by atoms with Crippen LogP contribution >= 0.6 is 0 Å². The Labute approximate surface area is 150 Å². The second-order valence-electron chi connectivity index (χ2n) is 6.79. The van der Waals surface area contributed by atoms with E-state index in [-0.39, 0.29) is 49.1 Å². The van der Waals surface area contributed by atoms with Crippen LogP contribution < -0.4 is 5.32 Å². The lowest BCUT2D eigenvalue weighted by atomic mass is 10.2. The van der Waals surface area contributed by atoms with Gasteiger partial charge in [-0.25, -0.2) is 14.1 Å². The van der Waals surface area contributed by atoms with Gasteiger partial charge in [-0.2, -0.15) is 0 Å². The zero-order chi connectivity index (χ0) is 18.8. The Hall–Kier alpha value is -2.78. The number of carbonyl (C=O) groups excluding carboxylic acids is 2. The van der Waals surface area contributed by atoms with Crippen LogP contribution in [0.5, 0.6) is 0 Å². The summed E-state index contributed by atoms with van der Waals surface area (Å²) in [7, 11) is 1.72. The van der Waals surface area contributed by atoms with Gasteiger partial charge in [0.2, 0.25) is 0 Å². The molecule has 3 rings (SSSR count). The van der Waals surface area contributed by atoms with Crippen molar-refractivity contribution in [2.45, 2.75) is 45.1 Å². The summed E-state index contributed by atoms with van der Waals surface area (Å²) in [5.41, 5.74) is 0.595. The Kier molecular flexibility index (Phi) is 5.01. The SMILES string of the molecule is CC(C)NC(=O)c1cn(CC2CC(F)CN2C(=O)c2cncn2C)nn1. The largest absolute Gasteiger partial charge is 0.348 e. The first-order valence-corrected chi connectivity index (χ1v) is 8.47. The minimum absolute atomic E-state index is 0.0122. The first-order chi connectivity index (χ1) is 12.3. The van der Waals surface area contributed by atoms with E-state index in [1.54, 1.807) is 11.6 Å². The number of aryl methyl sites for hydroxylation is 1. The number of alkyl halides is 1. The van der Waals surface area contributed by atoms with Gasteiger partial charge in [-0.1, -0.05) is 5.21 Å². The molecule has 0 aromatic carbocycles. The summed E-state index contributed by atoms with van der Waals surface area (Å²) >= 11 is 0. The fourth-order valence-corrected chi connectivity index (χ4v) is 3.04. The molecule has 9 nitrogen and oxygen atoms in total. The molecule has 10 heteroatoms. The van der Waals surface area contributed by atoms with E-state index in [4.69, 9.17) is 0 Å². The van der Waals surface area contributed by atoms with E-state index in [1.807, 2.05) is 13.8 Å². The molecule has 0 saturated carbocycles. The van der Waals surface area contributed by atoms with Crippen LogP contribution in [-0.4, -0.2) is 66.1 Å². The van der Waals surface area contributed by atoms with Crippen molar-refractivity contribution in [1.82, 2.24) is 34.8 Å². The summed E-state index contributed by atoms with van der Waals surface area (Å²) in [5, 5.41) is 10.5. The van der Waals surface area contributed by atoms with Crippen molar-refractivity contribution in [3.8, 4) is 0 Å². The van der Waals surface area contributed by atoms with Crippen molar-refractivity contribution in [3.63, 3.8) is 0 Å². The number of rotatable bonds is 5. The number of halogens is 1. The molecule has 3 heterocycles. The van der Waals surface area contributed by atoms with Crippen LogP contribution in [0.15, 0.2) is 18.7 Å². The number of likely N-dealkylation sites (tertiary alicyclic amines) is 1. The summed E-state index contributed by atoms with van der Waals surface area (Å²) in [5.74, 6) is -0.586. The molecule has 0 bridgehead atoms. The topological polar surface area (TPSA) is 97.9 Å². The summed E-state index contributed by atoms with van der Waals surface area (Å²) in [6, 6.07) is -0.378. The van der Waals surface area contributed by atoms with Crippen LogP contribution in [0.4, 0.5) is 4.39 Å². The summed E-state index contributed by atoms with van der Waals surface area (Å²) < 4.78 is 17.1. The Morgan fingerprint density at radius 2 is 2.19 bits per heavy atom. The molecule has 1 fully saturated rings. The van der Waals surface area contributed by atoms with E-state index in [2.05, 4.69) is 20.6 Å². The second kappa shape index (κ2) is 7.22. The molecule has 2 unspecified atom stereocenters. The van der Waals surface area contributed by atoms with Gasteiger partial charge in [0.15, 0.2) is 5.69 Å². The maximum Gasteiger partial charge on any atom is 0.273 e. The van der Waals surface area contributed by atoms with Gasteiger partial charge in [-0.15, -0.1) is 5.10 Å². The summed E-state index contributed by atoms with van der Waals surface area (Å²) in [4.78, 5) is 30.1. The fraction of sp³-hybridized carbons (Fsp3) is 0.562. The molecule has 2 aromatic rings. The average molecular weight is 363 g/mol. The highest BCUT2D eigenvalue weighted by molar-refractivity contribution is 5.93. The Balaban J connectivity index is 1.72. The molecule has 0 spiro atoms. The lowest BCUT2D eigenvalue weighted by molar-refractivity contribution is 0.0704. The molecule has 1 N–H and O–H groups in total. The van der Waals surface area contributed by atoms with Gasteiger partial charge in [0.25, 0.3) is 11.8 Å². The molecule has 0 aliphatic carbocycles. The normalized spacial score (nSPS) is 20.0. The van der Waals surface area contributed by atoms with Gasteiger partial charge < -0.3 is 14.8 Å². The standard InChI is InChI=1S/C16H22FN7O2/c1-10(2)19-15(25)13-8-23(21-20-13)7-12-4-11(17)6-24(12)16(26)14-5-18-9-22(14)3/h5,8-12H,4,6-7H2,1-3H3,(H,19,25). The van der Waals surface area contributed by atoms with Crippen LogP contribution in [0, 0.1) is 0 Å². The second-order valence-corrected chi connectivity index (χ2v) is 6.79. The lowest BCUT2D eigenvalue weighted by Crippen LogP contribution is -2.39. The number of amides is 2. The van der Waals surface area contributed by atoms with E-state index < -0.39 is 6.17 Å². The number of carbonyl (C=O) groups is 2. The van der Waals surface area contributed by atoms with E-state index >= 15 is 0 Å². The first-order valence-electron chi connectivity index (χ1n) is 8.47. The third-order valence-corrected chi connectivity index (χ3v) is 4.25. The number of imidazole rings is 1. The van der Waals surface area contributed by atoms with Crippen molar-refractivity contribution in [2.24, 2.45) is 7.05 Å². The number of hydrogen-bond acceptors (Lipinski definition) is 5.